The standard InChI is InChI=1S/C16H23ClN2O2/c1-4-14-16(20)19(11(3)10-21-5-2)15(18-14)12-7-6-8-13(17)9-12/h6-9,11,14-15,18H,4-5,10H2,1-3H3. The van der Waals surface area contributed by atoms with E-state index in [9.17, 15) is 4.79 Å². The van der Waals surface area contributed by atoms with Crippen molar-refractivity contribution < 1.29 is 9.53 Å². The maximum absolute atomic E-state index is 12.6. The Labute approximate surface area is 131 Å². The molecule has 5 heteroatoms. The molecule has 4 nitrogen and oxygen atoms in total. The van der Waals surface area contributed by atoms with E-state index in [1.807, 2.05) is 49.9 Å². The molecule has 21 heavy (non-hydrogen) atoms. The summed E-state index contributed by atoms with van der Waals surface area (Å²) in [5, 5.41) is 4.08. The van der Waals surface area contributed by atoms with Crippen LogP contribution in [0.5, 0.6) is 0 Å². The summed E-state index contributed by atoms with van der Waals surface area (Å²) < 4.78 is 5.49. The van der Waals surface area contributed by atoms with Crippen molar-refractivity contribution in [2.75, 3.05) is 13.2 Å². The first-order valence-electron chi connectivity index (χ1n) is 7.49. The molecule has 3 unspecified atom stereocenters. The summed E-state index contributed by atoms with van der Waals surface area (Å²) in [5.74, 6) is 0.134. The highest BCUT2D eigenvalue weighted by atomic mass is 35.5. The van der Waals surface area contributed by atoms with Gasteiger partial charge >= 0.3 is 0 Å². The molecule has 1 aliphatic heterocycles. The summed E-state index contributed by atoms with van der Waals surface area (Å²) >= 11 is 6.08. The van der Waals surface area contributed by atoms with Crippen LogP contribution in [0.4, 0.5) is 0 Å². The fourth-order valence-corrected chi connectivity index (χ4v) is 2.91. The van der Waals surface area contributed by atoms with Gasteiger partial charge in [-0.1, -0.05) is 30.7 Å². The summed E-state index contributed by atoms with van der Waals surface area (Å²) in [5.41, 5.74) is 1.01. The highest BCUT2D eigenvalue weighted by molar-refractivity contribution is 6.30. The van der Waals surface area contributed by atoms with Gasteiger partial charge < -0.3 is 9.64 Å². The first-order valence-corrected chi connectivity index (χ1v) is 7.87. The molecule has 0 aliphatic carbocycles. The Morgan fingerprint density at radius 3 is 2.81 bits per heavy atom. The second-order valence-electron chi connectivity index (χ2n) is 5.34. The zero-order valence-electron chi connectivity index (χ0n) is 12.8. The second-order valence-corrected chi connectivity index (χ2v) is 5.78. The van der Waals surface area contributed by atoms with Crippen LogP contribution in [0.2, 0.25) is 5.02 Å². The predicted octanol–water partition coefficient (Wildman–Crippen LogP) is 2.97. The Hall–Kier alpha value is -1.10. The van der Waals surface area contributed by atoms with Crippen molar-refractivity contribution in [3.8, 4) is 0 Å². The lowest BCUT2D eigenvalue weighted by molar-refractivity contribution is -0.133. The smallest absolute Gasteiger partial charge is 0.241 e. The molecule has 1 aromatic carbocycles. The molecule has 3 atom stereocenters. The number of nitrogens with one attached hydrogen (secondary N) is 1. The SMILES string of the molecule is CCOCC(C)N1C(=O)C(CC)NC1c1cccc(Cl)c1. The van der Waals surface area contributed by atoms with Crippen LogP contribution in [0.15, 0.2) is 24.3 Å². The van der Waals surface area contributed by atoms with E-state index in [4.69, 9.17) is 16.3 Å². The number of amides is 1. The summed E-state index contributed by atoms with van der Waals surface area (Å²) in [7, 11) is 0. The summed E-state index contributed by atoms with van der Waals surface area (Å²) in [6, 6.07) is 7.53. The summed E-state index contributed by atoms with van der Waals surface area (Å²) in [6.07, 6.45) is 0.630. The summed E-state index contributed by atoms with van der Waals surface area (Å²) in [4.78, 5) is 14.5. The molecule has 1 heterocycles. The normalized spacial score (nSPS) is 23.6. The second kappa shape index (κ2) is 7.25. The van der Waals surface area contributed by atoms with Crippen molar-refractivity contribution >= 4 is 17.5 Å². The van der Waals surface area contributed by atoms with Gasteiger partial charge in [0.15, 0.2) is 0 Å². The lowest BCUT2D eigenvalue weighted by atomic mass is 10.1. The van der Waals surface area contributed by atoms with Gasteiger partial charge in [0.1, 0.15) is 6.17 Å². The number of rotatable bonds is 6. The zero-order chi connectivity index (χ0) is 15.4. The first-order chi connectivity index (χ1) is 10.1. The van der Waals surface area contributed by atoms with E-state index in [1.54, 1.807) is 0 Å². The van der Waals surface area contributed by atoms with Crippen molar-refractivity contribution in [3.63, 3.8) is 0 Å². The maximum Gasteiger partial charge on any atom is 0.241 e. The number of nitrogens with zero attached hydrogens (tertiary/aromatic N) is 1. The van der Waals surface area contributed by atoms with Gasteiger partial charge in [0, 0.05) is 11.6 Å². The Bertz CT molecular complexity index is 495. The number of carbonyl (C=O) groups excluding carboxylic acids is 1. The lowest BCUT2D eigenvalue weighted by Gasteiger charge is -2.30. The van der Waals surface area contributed by atoms with Crippen LogP contribution >= 0.6 is 11.6 Å². The number of ether oxygens (including phenoxy) is 1. The topological polar surface area (TPSA) is 41.6 Å². The number of benzene rings is 1. The molecule has 1 aromatic rings. The Kier molecular flexibility index (Phi) is 5.62. The van der Waals surface area contributed by atoms with Gasteiger partial charge in [-0.25, -0.2) is 0 Å². The molecule has 0 saturated carbocycles. The minimum Gasteiger partial charge on any atom is -0.380 e. The third-order valence-electron chi connectivity index (χ3n) is 3.80. The number of hydrogen-bond acceptors (Lipinski definition) is 3. The molecule has 0 spiro atoms. The van der Waals surface area contributed by atoms with Crippen molar-refractivity contribution in [1.82, 2.24) is 10.2 Å². The highest BCUT2D eigenvalue weighted by Gasteiger charge is 2.41. The average molecular weight is 311 g/mol. The Morgan fingerprint density at radius 2 is 2.19 bits per heavy atom. The fourth-order valence-electron chi connectivity index (χ4n) is 2.72. The van der Waals surface area contributed by atoms with E-state index in [2.05, 4.69) is 5.32 Å². The third-order valence-corrected chi connectivity index (χ3v) is 4.04. The first kappa shape index (κ1) is 16.3. The lowest BCUT2D eigenvalue weighted by Crippen LogP contribution is -2.41. The fraction of sp³-hybridized carbons (Fsp3) is 0.562. The molecule has 1 fully saturated rings. The highest BCUT2D eigenvalue weighted by Crippen LogP contribution is 2.30. The van der Waals surface area contributed by atoms with E-state index in [0.29, 0.717) is 18.2 Å². The van der Waals surface area contributed by atoms with E-state index in [1.165, 1.54) is 0 Å². The van der Waals surface area contributed by atoms with E-state index >= 15 is 0 Å². The molecule has 0 aromatic heterocycles. The molecular formula is C16H23ClN2O2. The molecular weight excluding hydrogens is 288 g/mol. The number of halogens is 1. The quantitative estimate of drug-likeness (QED) is 0.878. The van der Waals surface area contributed by atoms with Crippen LogP contribution in [0.1, 0.15) is 38.9 Å². The predicted molar refractivity (Wildman–Crippen MR) is 84.2 cm³/mol. The van der Waals surface area contributed by atoms with Crippen LogP contribution in [0, 0.1) is 0 Å². The number of carbonyl (C=O) groups is 1. The van der Waals surface area contributed by atoms with Gasteiger partial charge in [-0.15, -0.1) is 0 Å². The minimum atomic E-state index is -0.142. The van der Waals surface area contributed by atoms with Crippen LogP contribution in [0.3, 0.4) is 0 Å². The van der Waals surface area contributed by atoms with Crippen molar-refractivity contribution in [2.24, 2.45) is 0 Å². The zero-order valence-corrected chi connectivity index (χ0v) is 13.6. The van der Waals surface area contributed by atoms with Gasteiger partial charge in [0.05, 0.1) is 18.7 Å². The van der Waals surface area contributed by atoms with Gasteiger partial charge in [-0.2, -0.15) is 0 Å². The van der Waals surface area contributed by atoms with Crippen molar-refractivity contribution in [1.29, 1.82) is 0 Å². The Morgan fingerprint density at radius 1 is 1.43 bits per heavy atom. The largest absolute Gasteiger partial charge is 0.380 e. The molecule has 0 bridgehead atoms. The van der Waals surface area contributed by atoms with Gasteiger partial charge in [-0.3, -0.25) is 10.1 Å². The molecule has 1 saturated heterocycles. The van der Waals surface area contributed by atoms with Crippen LogP contribution in [0.25, 0.3) is 0 Å². The minimum absolute atomic E-state index is 0.0190. The van der Waals surface area contributed by atoms with Gasteiger partial charge in [0.2, 0.25) is 5.91 Å². The summed E-state index contributed by atoms with van der Waals surface area (Å²) in [6.45, 7) is 7.18. The molecule has 116 valence electrons. The third kappa shape index (κ3) is 3.57. The Balaban J connectivity index is 2.26. The molecule has 1 N–H and O–H groups in total. The molecule has 1 aliphatic rings. The molecule has 0 radical (unpaired) electrons. The van der Waals surface area contributed by atoms with Crippen molar-refractivity contribution in [3.05, 3.63) is 34.9 Å². The van der Waals surface area contributed by atoms with Crippen molar-refractivity contribution in [2.45, 2.75) is 45.4 Å². The monoisotopic (exact) mass is 310 g/mol. The van der Waals surface area contributed by atoms with E-state index in [0.717, 1.165) is 12.0 Å². The van der Waals surface area contributed by atoms with E-state index < -0.39 is 0 Å². The van der Waals surface area contributed by atoms with Crippen LogP contribution in [-0.2, 0) is 9.53 Å². The average Bonchev–Trinajstić information content (AvgIpc) is 2.81. The van der Waals surface area contributed by atoms with Gasteiger partial charge in [0.25, 0.3) is 0 Å². The van der Waals surface area contributed by atoms with E-state index in [-0.39, 0.29) is 24.2 Å². The molecule has 2 rings (SSSR count). The number of hydrogen-bond donors (Lipinski definition) is 1. The maximum atomic E-state index is 12.6. The van der Waals surface area contributed by atoms with Crippen LogP contribution in [-0.4, -0.2) is 36.1 Å². The van der Waals surface area contributed by atoms with Crippen LogP contribution < -0.4 is 5.32 Å². The van der Waals surface area contributed by atoms with Gasteiger partial charge in [-0.05, 0) is 38.0 Å². The molecule has 1 amide bonds.